The molecular formula is C20H22N4O5S. The summed E-state index contributed by atoms with van der Waals surface area (Å²) >= 11 is 0. The molecule has 0 bridgehead atoms. The van der Waals surface area contributed by atoms with E-state index in [2.05, 4.69) is 10.3 Å². The highest BCUT2D eigenvalue weighted by Gasteiger charge is 2.28. The number of sulfonamides is 1. The largest absolute Gasteiger partial charge is 0.379 e. The number of H-pyrrole nitrogens is 1. The lowest BCUT2D eigenvalue weighted by atomic mass is 10.1. The van der Waals surface area contributed by atoms with Crippen molar-refractivity contribution >= 4 is 32.3 Å². The van der Waals surface area contributed by atoms with Crippen LogP contribution in [0.3, 0.4) is 0 Å². The van der Waals surface area contributed by atoms with Crippen LogP contribution in [0.1, 0.15) is 5.56 Å². The quantitative estimate of drug-likeness (QED) is 0.440. The van der Waals surface area contributed by atoms with Gasteiger partial charge in [0, 0.05) is 42.8 Å². The van der Waals surface area contributed by atoms with Crippen molar-refractivity contribution in [3.63, 3.8) is 0 Å². The Morgan fingerprint density at radius 2 is 1.93 bits per heavy atom. The Labute approximate surface area is 173 Å². The molecular weight excluding hydrogens is 408 g/mol. The van der Waals surface area contributed by atoms with Crippen molar-refractivity contribution in [1.82, 2.24) is 9.29 Å². The number of nitro benzene ring substituents is 1. The van der Waals surface area contributed by atoms with Crippen LogP contribution in [0.4, 0.5) is 11.4 Å². The number of ether oxygens (including phenoxy) is 1. The van der Waals surface area contributed by atoms with Gasteiger partial charge in [-0.3, -0.25) is 10.1 Å². The molecule has 0 amide bonds. The van der Waals surface area contributed by atoms with E-state index < -0.39 is 14.9 Å². The predicted octanol–water partition coefficient (Wildman–Crippen LogP) is 2.75. The van der Waals surface area contributed by atoms with Gasteiger partial charge in [0.05, 0.1) is 23.0 Å². The van der Waals surface area contributed by atoms with Crippen LogP contribution in [-0.4, -0.2) is 55.5 Å². The van der Waals surface area contributed by atoms with Crippen LogP contribution < -0.4 is 5.32 Å². The third-order valence-electron chi connectivity index (χ3n) is 5.16. The first-order valence-electron chi connectivity index (χ1n) is 9.62. The number of fused-ring (bicyclic) bond motifs is 1. The van der Waals surface area contributed by atoms with Gasteiger partial charge in [-0.25, -0.2) is 8.42 Å². The smallest absolute Gasteiger partial charge is 0.293 e. The van der Waals surface area contributed by atoms with Crippen molar-refractivity contribution in [3.8, 4) is 0 Å². The Morgan fingerprint density at radius 3 is 2.70 bits per heavy atom. The van der Waals surface area contributed by atoms with Gasteiger partial charge >= 0.3 is 0 Å². The van der Waals surface area contributed by atoms with Crippen molar-refractivity contribution < 1.29 is 18.1 Å². The lowest BCUT2D eigenvalue weighted by Crippen LogP contribution is -2.40. The lowest BCUT2D eigenvalue weighted by molar-refractivity contribution is -0.384. The van der Waals surface area contributed by atoms with Crippen LogP contribution >= 0.6 is 0 Å². The number of nitrogens with one attached hydrogen (secondary N) is 2. The van der Waals surface area contributed by atoms with E-state index in [1.165, 1.54) is 16.4 Å². The van der Waals surface area contributed by atoms with Crippen molar-refractivity contribution in [2.75, 3.05) is 38.2 Å². The molecule has 158 valence electrons. The predicted molar refractivity (Wildman–Crippen MR) is 113 cm³/mol. The normalized spacial score (nSPS) is 15.3. The number of aromatic amines is 1. The first-order valence-corrected chi connectivity index (χ1v) is 11.1. The highest BCUT2D eigenvalue weighted by molar-refractivity contribution is 7.89. The summed E-state index contributed by atoms with van der Waals surface area (Å²) in [5, 5.41) is 15.8. The number of nitrogens with zero attached hydrogens (tertiary/aromatic N) is 2. The minimum absolute atomic E-state index is 0.0849. The number of anilines is 1. The maximum atomic E-state index is 12.8. The molecule has 9 nitrogen and oxygen atoms in total. The highest BCUT2D eigenvalue weighted by atomic mass is 32.2. The molecule has 2 aromatic carbocycles. The number of morpholine rings is 1. The Balaban J connectivity index is 1.51. The number of aromatic nitrogens is 1. The maximum absolute atomic E-state index is 12.8. The van der Waals surface area contributed by atoms with Gasteiger partial charge in [0.25, 0.3) is 5.69 Å². The number of rotatable bonds is 7. The summed E-state index contributed by atoms with van der Waals surface area (Å²) < 4.78 is 32.1. The minimum Gasteiger partial charge on any atom is -0.379 e. The molecule has 0 atom stereocenters. The summed E-state index contributed by atoms with van der Waals surface area (Å²) in [6, 6.07) is 11.9. The Bertz CT molecular complexity index is 1170. The first kappa shape index (κ1) is 20.3. The fourth-order valence-corrected chi connectivity index (χ4v) is 5.01. The monoisotopic (exact) mass is 430 g/mol. The molecule has 0 saturated carbocycles. The summed E-state index contributed by atoms with van der Waals surface area (Å²) in [6.45, 7) is 1.57. The molecule has 2 heterocycles. The molecule has 1 aliphatic rings. The van der Waals surface area contributed by atoms with E-state index in [0.717, 1.165) is 22.5 Å². The molecule has 0 spiro atoms. The summed E-state index contributed by atoms with van der Waals surface area (Å²) in [7, 11) is -3.80. The molecule has 0 aliphatic carbocycles. The number of hydrogen-bond acceptors (Lipinski definition) is 6. The van der Waals surface area contributed by atoms with E-state index in [1.54, 1.807) is 0 Å². The van der Waals surface area contributed by atoms with Crippen molar-refractivity contribution in [3.05, 3.63) is 64.3 Å². The zero-order valence-electron chi connectivity index (χ0n) is 16.2. The molecule has 1 aromatic heterocycles. The van der Waals surface area contributed by atoms with Gasteiger partial charge < -0.3 is 15.0 Å². The van der Waals surface area contributed by atoms with Gasteiger partial charge in [-0.05, 0) is 30.2 Å². The van der Waals surface area contributed by atoms with Gasteiger partial charge in [0.2, 0.25) is 10.0 Å². The summed E-state index contributed by atoms with van der Waals surface area (Å²) in [5.41, 5.74) is 2.17. The van der Waals surface area contributed by atoms with Gasteiger partial charge in [0.1, 0.15) is 5.69 Å². The van der Waals surface area contributed by atoms with Crippen LogP contribution in [-0.2, 0) is 21.2 Å². The number of nitro groups is 1. The average Bonchev–Trinajstić information content (AvgIpc) is 3.17. The van der Waals surface area contributed by atoms with E-state index in [0.29, 0.717) is 31.9 Å². The van der Waals surface area contributed by atoms with E-state index in [1.807, 2.05) is 30.5 Å². The summed E-state index contributed by atoms with van der Waals surface area (Å²) in [4.78, 5) is 14.1. The van der Waals surface area contributed by atoms with Gasteiger partial charge in [0.15, 0.2) is 0 Å². The van der Waals surface area contributed by atoms with E-state index >= 15 is 0 Å². The zero-order valence-corrected chi connectivity index (χ0v) is 17.0. The molecule has 1 saturated heterocycles. The van der Waals surface area contributed by atoms with Crippen molar-refractivity contribution in [2.45, 2.75) is 11.3 Å². The molecule has 4 rings (SSSR count). The first-order chi connectivity index (χ1) is 14.5. The van der Waals surface area contributed by atoms with Gasteiger partial charge in [-0.15, -0.1) is 0 Å². The molecule has 0 radical (unpaired) electrons. The second kappa shape index (κ2) is 8.42. The molecule has 30 heavy (non-hydrogen) atoms. The highest BCUT2D eigenvalue weighted by Crippen LogP contribution is 2.29. The topological polar surface area (TPSA) is 118 Å². The van der Waals surface area contributed by atoms with E-state index in [4.69, 9.17) is 4.74 Å². The molecule has 10 heteroatoms. The fraction of sp³-hybridized carbons (Fsp3) is 0.300. The van der Waals surface area contributed by atoms with E-state index in [-0.39, 0.29) is 23.7 Å². The SMILES string of the molecule is O=[N+]([O-])c1cc(S(=O)(=O)N2CCOCC2)ccc1NCCc1c[nH]c2ccccc12. The second-order valence-corrected chi connectivity index (χ2v) is 8.93. The number of benzene rings is 2. The van der Waals surface area contributed by atoms with Crippen LogP contribution in [0, 0.1) is 10.1 Å². The van der Waals surface area contributed by atoms with Crippen LogP contribution in [0.2, 0.25) is 0 Å². The van der Waals surface area contributed by atoms with Gasteiger partial charge in [-0.1, -0.05) is 18.2 Å². The Kier molecular flexibility index (Phi) is 5.71. The summed E-state index contributed by atoms with van der Waals surface area (Å²) in [5.74, 6) is 0. The maximum Gasteiger partial charge on any atom is 0.293 e. The molecule has 2 N–H and O–H groups in total. The van der Waals surface area contributed by atoms with Crippen LogP contribution in [0.25, 0.3) is 10.9 Å². The third kappa shape index (κ3) is 4.02. The molecule has 1 fully saturated rings. The zero-order chi connectivity index (χ0) is 21.1. The third-order valence-corrected chi connectivity index (χ3v) is 7.05. The number of hydrogen-bond donors (Lipinski definition) is 2. The Morgan fingerprint density at radius 1 is 1.17 bits per heavy atom. The van der Waals surface area contributed by atoms with E-state index in [9.17, 15) is 18.5 Å². The van der Waals surface area contributed by atoms with Crippen molar-refractivity contribution in [2.24, 2.45) is 0 Å². The van der Waals surface area contributed by atoms with Crippen molar-refractivity contribution in [1.29, 1.82) is 0 Å². The fourth-order valence-electron chi connectivity index (χ4n) is 3.58. The van der Waals surface area contributed by atoms with Gasteiger partial charge in [-0.2, -0.15) is 4.31 Å². The Hall–Kier alpha value is -2.95. The average molecular weight is 430 g/mol. The molecule has 3 aromatic rings. The summed E-state index contributed by atoms with van der Waals surface area (Å²) in [6.07, 6.45) is 2.59. The molecule has 1 aliphatic heterocycles. The minimum atomic E-state index is -3.80. The standard InChI is InChI=1S/C20H22N4O5S/c25-24(26)20-13-16(30(27,28)23-9-11-29-12-10-23)5-6-19(20)21-8-7-15-14-22-18-4-2-1-3-17(15)18/h1-6,13-14,21-22H,7-12H2. The number of para-hydroxylation sites is 1. The van der Waals surface area contributed by atoms with Crippen LogP contribution in [0.15, 0.2) is 53.6 Å². The van der Waals surface area contributed by atoms with Crippen LogP contribution in [0.5, 0.6) is 0 Å². The molecule has 0 unspecified atom stereocenters. The lowest BCUT2D eigenvalue weighted by Gasteiger charge is -2.26. The second-order valence-electron chi connectivity index (χ2n) is 6.99.